The Morgan fingerprint density at radius 2 is 1.88 bits per heavy atom. The summed E-state index contributed by atoms with van der Waals surface area (Å²) >= 11 is 0. The summed E-state index contributed by atoms with van der Waals surface area (Å²) in [5.74, 6) is -1.12. The normalized spacial score (nSPS) is 10.4. The van der Waals surface area contributed by atoms with Crippen molar-refractivity contribution < 1.29 is 19.1 Å². The van der Waals surface area contributed by atoms with Crippen molar-refractivity contribution in [2.45, 2.75) is 19.8 Å². The maximum Gasteiger partial charge on any atom is 0.303 e. The smallest absolute Gasteiger partial charge is 0.303 e. The first-order valence-electron chi connectivity index (χ1n) is 7.99. The highest BCUT2D eigenvalue weighted by Gasteiger charge is 2.12. The van der Waals surface area contributed by atoms with Gasteiger partial charge < -0.3 is 21.5 Å². The van der Waals surface area contributed by atoms with Gasteiger partial charge in [0.15, 0.2) is 0 Å². The first-order valence-corrected chi connectivity index (χ1v) is 7.99. The third-order valence-corrected chi connectivity index (χ3v) is 3.63. The van der Waals surface area contributed by atoms with Gasteiger partial charge in [0.05, 0.1) is 0 Å². The lowest BCUT2D eigenvalue weighted by Crippen LogP contribution is -2.29. The van der Waals surface area contributed by atoms with Crippen LogP contribution in [0, 0.1) is 12.7 Å². The van der Waals surface area contributed by atoms with Crippen molar-refractivity contribution in [1.29, 1.82) is 0 Å². The van der Waals surface area contributed by atoms with Crippen LogP contribution < -0.4 is 16.4 Å². The molecule has 0 unspecified atom stereocenters. The van der Waals surface area contributed by atoms with Gasteiger partial charge in [0.25, 0.3) is 5.91 Å². The number of rotatable bonds is 8. The van der Waals surface area contributed by atoms with Crippen LogP contribution in [0.5, 0.6) is 0 Å². The van der Waals surface area contributed by atoms with Gasteiger partial charge in [-0.1, -0.05) is 0 Å². The molecule has 0 bridgehead atoms. The standard InChI is InChI=1S/C17H20FN5O3/c1-10-13(6-7-14(24)25)15(23-17(19)22-10)20-8-9-21-16(26)11-2-4-12(18)5-3-11/h2-5H,6-9H2,1H3,(H,21,26)(H,24,25)(H3,19,20,22,23). The molecular formula is C17H20FN5O3. The van der Waals surface area contributed by atoms with Gasteiger partial charge in [-0.05, 0) is 37.6 Å². The number of nitrogens with zero attached hydrogens (tertiary/aromatic N) is 2. The molecule has 9 heteroatoms. The monoisotopic (exact) mass is 361 g/mol. The number of hydrogen-bond donors (Lipinski definition) is 4. The molecular weight excluding hydrogens is 341 g/mol. The van der Waals surface area contributed by atoms with Gasteiger partial charge in [0.2, 0.25) is 5.95 Å². The summed E-state index contributed by atoms with van der Waals surface area (Å²) in [7, 11) is 0. The maximum atomic E-state index is 12.9. The third kappa shape index (κ3) is 5.40. The van der Waals surface area contributed by atoms with Crippen molar-refractivity contribution in [2.75, 3.05) is 24.1 Å². The van der Waals surface area contributed by atoms with Crippen LogP contribution in [0.25, 0.3) is 0 Å². The fourth-order valence-corrected chi connectivity index (χ4v) is 2.36. The zero-order chi connectivity index (χ0) is 19.1. The summed E-state index contributed by atoms with van der Waals surface area (Å²) < 4.78 is 12.9. The van der Waals surface area contributed by atoms with E-state index in [1.807, 2.05) is 0 Å². The van der Waals surface area contributed by atoms with Gasteiger partial charge in [0.1, 0.15) is 11.6 Å². The molecule has 0 aliphatic heterocycles. The molecule has 0 saturated heterocycles. The number of carboxylic acids is 1. The van der Waals surface area contributed by atoms with E-state index in [-0.39, 0.29) is 31.2 Å². The largest absolute Gasteiger partial charge is 0.481 e. The van der Waals surface area contributed by atoms with E-state index in [1.54, 1.807) is 6.92 Å². The van der Waals surface area contributed by atoms with Gasteiger partial charge >= 0.3 is 5.97 Å². The van der Waals surface area contributed by atoms with E-state index >= 15 is 0 Å². The molecule has 0 saturated carbocycles. The van der Waals surface area contributed by atoms with Crippen molar-refractivity contribution >= 4 is 23.6 Å². The van der Waals surface area contributed by atoms with Gasteiger partial charge in [0, 0.05) is 36.3 Å². The lowest BCUT2D eigenvalue weighted by Gasteiger charge is -2.13. The lowest BCUT2D eigenvalue weighted by molar-refractivity contribution is -0.136. The highest BCUT2D eigenvalue weighted by atomic mass is 19.1. The van der Waals surface area contributed by atoms with Crippen molar-refractivity contribution in [3.05, 3.63) is 46.9 Å². The maximum absolute atomic E-state index is 12.9. The van der Waals surface area contributed by atoms with Crippen LogP contribution in [0.15, 0.2) is 24.3 Å². The van der Waals surface area contributed by atoms with Crippen molar-refractivity contribution in [3.8, 4) is 0 Å². The molecule has 1 amide bonds. The minimum Gasteiger partial charge on any atom is -0.481 e. The summed E-state index contributed by atoms with van der Waals surface area (Å²) in [6.07, 6.45) is 0.218. The number of hydrogen-bond acceptors (Lipinski definition) is 6. The van der Waals surface area contributed by atoms with Crippen LogP contribution in [0.4, 0.5) is 16.2 Å². The zero-order valence-electron chi connectivity index (χ0n) is 14.3. The molecule has 0 radical (unpaired) electrons. The van der Waals surface area contributed by atoms with Gasteiger partial charge in [-0.3, -0.25) is 9.59 Å². The number of amides is 1. The molecule has 0 aliphatic carbocycles. The molecule has 1 aromatic carbocycles. The molecule has 5 N–H and O–H groups in total. The van der Waals surface area contributed by atoms with E-state index < -0.39 is 11.8 Å². The molecule has 0 atom stereocenters. The van der Waals surface area contributed by atoms with E-state index in [0.717, 1.165) is 0 Å². The van der Waals surface area contributed by atoms with Crippen molar-refractivity contribution in [1.82, 2.24) is 15.3 Å². The van der Waals surface area contributed by atoms with E-state index in [9.17, 15) is 14.0 Å². The molecule has 0 spiro atoms. The van der Waals surface area contributed by atoms with Crippen LogP contribution >= 0.6 is 0 Å². The number of carboxylic acid groups (broad SMARTS) is 1. The zero-order valence-corrected chi connectivity index (χ0v) is 14.3. The number of carbonyl (C=O) groups excluding carboxylic acids is 1. The number of halogens is 1. The Kier molecular flexibility index (Phi) is 6.42. The van der Waals surface area contributed by atoms with Crippen molar-refractivity contribution in [3.63, 3.8) is 0 Å². The predicted molar refractivity (Wildman–Crippen MR) is 94.4 cm³/mol. The molecule has 1 heterocycles. The average Bonchev–Trinajstić information content (AvgIpc) is 2.58. The number of benzene rings is 1. The van der Waals surface area contributed by atoms with Gasteiger partial charge in [-0.25, -0.2) is 9.37 Å². The van der Waals surface area contributed by atoms with E-state index in [2.05, 4.69) is 20.6 Å². The molecule has 2 rings (SSSR count). The number of carbonyl (C=O) groups is 2. The topological polar surface area (TPSA) is 130 Å². The Morgan fingerprint density at radius 3 is 2.54 bits per heavy atom. The molecule has 2 aromatic rings. The second-order valence-corrected chi connectivity index (χ2v) is 5.58. The number of nitrogens with two attached hydrogens (primary N) is 1. The second kappa shape index (κ2) is 8.75. The number of aromatic nitrogens is 2. The molecule has 1 aromatic heterocycles. The predicted octanol–water partition coefficient (Wildman–Crippen LogP) is 1.37. The SMILES string of the molecule is Cc1nc(N)nc(NCCNC(=O)c2ccc(F)cc2)c1CCC(=O)O. The first-order chi connectivity index (χ1) is 12.4. The third-order valence-electron chi connectivity index (χ3n) is 3.63. The highest BCUT2D eigenvalue weighted by molar-refractivity contribution is 5.94. The fourth-order valence-electron chi connectivity index (χ4n) is 2.36. The Balaban J connectivity index is 1.93. The molecule has 0 aliphatic rings. The summed E-state index contributed by atoms with van der Waals surface area (Å²) in [5, 5.41) is 14.6. The molecule has 0 fully saturated rings. The number of anilines is 2. The van der Waals surface area contributed by atoms with Crippen molar-refractivity contribution in [2.24, 2.45) is 0 Å². The number of nitrogens with one attached hydrogen (secondary N) is 2. The van der Waals surface area contributed by atoms with Crippen LogP contribution in [0.2, 0.25) is 0 Å². The van der Waals surface area contributed by atoms with Crippen LogP contribution in [0.1, 0.15) is 28.0 Å². The number of aliphatic carboxylic acids is 1. The van der Waals surface area contributed by atoms with Crippen LogP contribution in [-0.2, 0) is 11.2 Å². The van der Waals surface area contributed by atoms with E-state index in [1.165, 1.54) is 24.3 Å². The fraction of sp³-hybridized carbons (Fsp3) is 0.294. The van der Waals surface area contributed by atoms with Crippen LogP contribution in [-0.4, -0.2) is 40.0 Å². The average molecular weight is 361 g/mol. The summed E-state index contributed by atoms with van der Waals surface area (Å²) in [6, 6.07) is 5.23. The minimum absolute atomic E-state index is 0.0515. The lowest BCUT2D eigenvalue weighted by atomic mass is 10.1. The highest BCUT2D eigenvalue weighted by Crippen LogP contribution is 2.19. The molecule has 138 valence electrons. The Labute approximate surface area is 149 Å². The summed E-state index contributed by atoms with van der Waals surface area (Å²) in [6.45, 7) is 2.37. The van der Waals surface area contributed by atoms with Gasteiger partial charge in [-0.15, -0.1) is 0 Å². The van der Waals surface area contributed by atoms with E-state index in [4.69, 9.17) is 10.8 Å². The Bertz CT molecular complexity index is 796. The Morgan fingerprint density at radius 1 is 1.19 bits per heavy atom. The minimum atomic E-state index is -0.918. The van der Waals surface area contributed by atoms with E-state index in [0.29, 0.717) is 29.2 Å². The Hall–Kier alpha value is -3.23. The van der Waals surface area contributed by atoms with Crippen LogP contribution in [0.3, 0.4) is 0 Å². The first kappa shape index (κ1) is 19.1. The second-order valence-electron chi connectivity index (χ2n) is 5.58. The molecule has 8 nitrogen and oxygen atoms in total. The van der Waals surface area contributed by atoms with Gasteiger partial charge in [-0.2, -0.15) is 4.98 Å². The summed E-state index contributed by atoms with van der Waals surface area (Å²) in [5.41, 5.74) is 7.28. The summed E-state index contributed by atoms with van der Waals surface area (Å²) in [4.78, 5) is 30.9. The number of aryl methyl sites for hydroxylation is 1. The number of nitrogen functional groups attached to an aromatic ring is 1. The molecule has 26 heavy (non-hydrogen) atoms. The quantitative estimate of drug-likeness (QED) is 0.522.